The van der Waals surface area contributed by atoms with Crippen LogP contribution in [0.5, 0.6) is 0 Å². The number of rotatable bonds is 5. The second-order valence-electron chi connectivity index (χ2n) is 8.37. The van der Waals surface area contributed by atoms with E-state index in [2.05, 4.69) is 73.2 Å². The van der Waals surface area contributed by atoms with E-state index in [4.69, 9.17) is 9.97 Å². The summed E-state index contributed by atoms with van der Waals surface area (Å²) in [6.07, 6.45) is 0.903. The summed E-state index contributed by atoms with van der Waals surface area (Å²) in [5.41, 5.74) is 8.10. The Morgan fingerprint density at radius 3 is 1.87 bits per heavy atom. The summed E-state index contributed by atoms with van der Waals surface area (Å²) in [6, 6.07) is 23.2. The molecule has 4 heteroatoms. The van der Waals surface area contributed by atoms with Crippen LogP contribution in [0.25, 0.3) is 22.1 Å². The zero-order valence-electron chi connectivity index (χ0n) is 17.6. The second kappa shape index (κ2) is 7.45. The van der Waals surface area contributed by atoms with Crippen LogP contribution in [0.15, 0.2) is 66.7 Å². The quantitative estimate of drug-likeness (QED) is 0.374. The molecule has 0 aliphatic heterocycles. The number of nitrogens with zero attached hydrogens (tertiary/aromatic N) is 2. The smallest absolute Gasteiger partial charge is 0.111 e. The fourth-order valence-electron chi connectivity index (χ4n) is 4.48. The van der Waals surface area contributed by atoms with Crippen molar-refractivity contribution in [3.8, 4) is 0 Å². The van der Waals surface area contributed by atoms with Crippen LogP contribution in [0, 0.1) is 13.8 Å². The second-order valence-corrected chi connectivity index (χ2v) is 8.37. The number of fused-ring (bicyclic) bond motifs is 2. The molecule has 0 aliphatic rings. The normalized spacial score (nSPS) is 13.7. The van der Waals surface area contributed by atoms with Crippen molar-refractivity contribution < 1.29 is 0 Å². The molecule has 5 aromatic rings. The third-order valence-corrected chi connectivity index (χ3v) is 5.94. The van der Waals surface area contributed by atoms with Crippen LogP contribution in [0.4, 0.5) is 0 Å². The SMILES string of the molecule is Cc1cc(C)cc(C[C@H](c2nc3ccccc3[nH]2)[C@@H](C)c2nc3ccccc3[nH]2)c1. The summed E-state index contributed by atoms with van der Waals surface area (Å²) >= 11 is 0. The van der Waals surface area contributed by atoms with E-state index < -0.39 is 0 Å². The standard InChI is InChI=1S/C26H26N4/c1-16-12-17(2)14-19(13-16)15-20(26-29-23-10-6-7-11-24(23)30-26)18(3)25-27-21-8-4-5-9-22(21)28-25/h4-14,18,20H,15H2,1-3H3,(H,27,28)(H,29,30)/t18-,20+/m1/s1. The van der Waals surface area contributed by atoms with E-state index >= 15 is 0 Å². The molecule has 30 heavy (non-hydrogen) atoms. The number of aromatic nitrogens is 4. The number of nitrogens with one attached hydrogen (secondary N) is 2. The number of hydrogen-bond donors (Lipinski definition) is 2. The molecule has 2 atom stereocenters. The third-order valence-electron chi connectivity index (χ3n) is 5.94. The molecule has 0 aliphatic carbocycles. The Bertz CT molecular complexity index is 1240. The van der Waals surface area contributed by atoms with Crippen molar-refractivity contribution in [3.63, 3.8) is 0 Å². The lowest BCUT2D eigenvalue weighted by Gasteiger charge is -2.21. The summed E-state index contributed by atoms with van der Waals surface area (Å²) in [5, 5.41) is 0. The van der Waals surface area contributed by atoms with E-state index in [1.807, 2.05) is 24.3 Å². The maximum absolute atomic E-state index is 4.96. The Morgan fingerprint density at radius 2 is 1.27 bits per heavy atom. The molecule has 0 bridgehead atoms. The van der Waals surface area contributed by atoms with Gasteiger partial charge < -0.3 is 9.97 Å². The minimum absolute atomic E-state index is 0.179. The van der Waals surface area contributed by atoms with Crippen molar-refractivity contribution in [1.29, 1.82) is 0 Å². The van der Waals surface area contributed by atoms with Gasteiger partial charge in [0.05, 0.1) is 22.1 Å². The maximum Gasteiger partial charge on any atom is 0.111 e. The number of aromatic amines is 2. The van der Waals surface area contributed by atoms with E-state index in [0.717, 1.165) is 40.1 Å². The van der Waals surface area contributed by atoms with Gasteiger partial charge in [0, 0.05) is 11.8 Å². The summed E-state index contributed by atoms with van der Waals surface area (Å²) in [5.74, 6) is 2.38. The van der Waals surface area contributed by atoms with Crippen molar-refractivity contribution >= 4 is 22.1 Å². The zero-order valence-corrected chi connectivity index (χ0v) is 17.6. The fourth-order valence-corrected chi connectivity index (χ4v) is 4.48. The van der Waals surface area contributed by atoms with Gasteiger partial charge in [0.25, 0.3) is 0 Å². The van der Waals surface area contributed by atoms with E-state index in [1.54, 1.807) is 0 Å². The van der Waals surface area contributed by atoms with Gasteiger partial charge in [0.15, 0.2) is 0 Å². The number of H-pyrrole nitrogens is 2. The van der Waals surface area contributed by atoms with E-state index in [1.165, 1.54) is 16.7 Å². The summed E-state index contributed by atoms with van der Waals surface area (Å²) < 4.78 is 0. The van der Waals surface area contributed by atoms with Crippen molar-refractivity contribution in [2.24, 2.45) is 0 Å². The highest BCUT2D eigenvalue weighted by Gasteiger charge is 2.27. The van der Waals surface area contributed by atoms with E-state index in [9.17, 15) is 0 Å². The van der Waals surface area contributed by atoms with Gasteiger partial charge in [-0.1, -0.05) is 60.5 Å². The Balaban J connectivity index is 1.59. The maximum atomic E-state index is 4.96. The largest absolute Gasteiger partial charge is 0.342 e. The van der Waals surface area contributed by atoms with Crippen LogP contribution >= 0.6 is 0 Å². The van der Waals surface area contributed by atoms with Gasteiger partial charge in [-0.3, -0.25) is 0 Å². The molecule has 0 saturated carbocycles. The predicted molar refractivity (Wildman–Crippen MR) is 123 cm³/mol. The molecule has 0 fully saturated rings. The highest BCUT2D eigenvalue weighted by atomic mass is 15.0. The van der Waals surface area contributed by atoms with Gasteiger partial charge in [-0.25, -0.2) is 9.97 Å². The monoisotopic (exact) mass is 394 g/mol. The first kappa shape index (κ1) is 18.6. The van der Waals surface area contributed by atoms with Crippen LogP contribution in [0.2, 0.25) is 0 Å². The van der Waals surface area contributed by atoms with Gasteiger partial charge in [-0.15, -0.1) is 0 Å². The van der Waals surface area contributed by atoms with Crippen LogP contribution in [-0.2, 0) is 6.42 Å². The van der Waals surface area contributed by atoms with E-state index in [-0.39, 0.29) is 11.8 Å². The molecule has 2 aromatic heterocycles. The summed E-state index contributed by atoms with van der Waals surface area (Å²) in [7, 11) is 0. The Morgan fingerprint density at radius 1 is 0.733 bits per heavy atom. The van der Waals surface area contributed by atoms with Gasteiger partial charge in [0.2, 0.25) is 0 Å². The number of imidazole rings is 2. The van der Waals surface area contributed by atoms with Crippen molar-refractivity contribution in [2.45, 2.75) is 39.0 Å². The molecule has 3 aromatic carbocycles. The number of para-hydroxylation sites is 4. The van der Waals surface area contributed by atoms with Crippen molar-refractivity contribution in [2.75, 3.05) is 0 Å². The molecule has 4 nitrogen and oxygen atoms in total. The minimum atomic E-state index is 0.179. The third kappa shape index (κ3) is 3.50. The zero-order chi connectivity index (χ0) is 20.7. The molecule has 0 spiro atoms. The Hall–Kier alpha value is -3.40. The highest BCUT2D eigenvalue weighted by Crippen LogP contribution is 2.35. The first-order chi connectivity index (χ1) is 14.6. The first-order valence-electron chi connectivity index (χ1n) is 10.5. The molecular weight excluding hydrogens is 368 g/mol. The van der Waals surface area contributed by atoms with Crippen LogP contribution in [0.1, 0.15) is 47.1 Å². The molecule has 5 rings (SSSR count). The van der Waals surface area contributed by atoms with Crippen molar-refractivity contribution in [3.05, 3.63) is 95.1 Å². The molecule has 0 saturated heterocycles. The lowest BCUT2D eigenvalue weighted by atomic mass is 9.86. The lowest BCUT2D eigenvalue weighted by Crippen LogP contribution is -2.14. The van der Waals surface area contributed by atoms with Crippen LogP contribution in [0.3, 0.4) is 0 Å². The van der Waals surface area contributed by atoms with Gasteiger partial charge in [-0.2, -0.15) is 0 Å². The molecule has 0 radical (unpaired) electrons. The van der Waals surface area contributed by atoms with Crippen molar-refractivity contribution in [1.82, 2.24) is 19.9 Å². The lowest BCUT2D eigenvalue weighted by molar-refractivity contribution is 0.530. The van der Waals surface area contributed by atoms with Gasteiger partial charge >= 0.3 is 0 Å². The fraction of sp³-hybridized carbons (Fsp3) is 0.231. The summed E-state index contributed by atoms with van der Waals surface area (Å²) in [4.78, 5) is 17.0. The molecule has 0 unspecified atom stereocenters. The summed E-state index contributed by atoms with van der Waals surface area (Å²) in [6.45, 7) is 6.57. The number of benzene rings is 3. The Labute approximate surface area is 176 Å². The Kier molecular flexibility index (Phi) is 4.62. The van der Waals surface area contributed by atoms with Crippen LogP contribution < -0.4 is 0 Å². The number of hydrogen-bond acceptors (Lipinski definition) is 2. The molecular formula is C26H26N4. The average molecular weight is 395 g/mol. The molecule has 0 amide bonds. The average Bonchev–Trinajstić information content (AvgIpc) is 3.34. The highest BCUT2D eigenvalue weighted by molar-refractivity contribution is 5.75. The topological polar surface area (TPSA) is 57.4 Å². The minimum Gasteiger partial charge on any atom is -0.342 e. The first-order valence-corrected chi connectivity index (χ1v) is 10.5. The van der Waals surface area contributed by atoms with Crippen LogP contribution in [-0.4, -0.2) is 19.9 Å². The van der Waals surface area contributed by atoms with Gasteiger partial charge in [-0.05, 0) is 50.1 Å². The molecule has 2 heterocycles. The molecule has 2 N–H and O–H groups in total. The number of aryl methyl sites for hydroxylation is 2. The molecule has 150 valence electrons. The van der Waals surface area contributed by atoms with E-state index in [0.29, 0.717) is 0 Å². The van der Waals surface area contributed by atoms with Gasteiger partial charge in [0.1, 0.15) is 11.6 Å². The predicted octanol–water partition coefficient (Wildman–Crippen LogP) is 6.19.